The van der Waals surface area contributed by atoms with Gasteiger partial charge in [0.25, 0.3) is 0 Å². The number of piperidine rings is 1. The molecule has 0 atom stereocenters. The molecule has 2 aliphatic rings. The van der Waals surface area contributed by atoms with Gasteiger partial charge in [0.05, 0.1) is 12.8 Å². The summed E-state index contributed by atoms with van der Waals surface area (Å²) in [4.78, 5) is 14.5. The van der Waals surface area contributed by atoms with Gasteiger partial charge in [-0.1, -0.05) is 6.07 Å². The Morgan fingerprint density at radius 1 is 1.00 bits per heavy atom. The van der Waals surface area contributed by atoms with Crippen LogP contribution in [-0.4, -0.2) is 72.3 Å². The van der Waals surface area contributed by atoms with Crippen LogP contribution in [0.5, 0.6) is 5.75 Å². The summed E-state index contributed by atoms with van der Waals surface area (Å²) in [6.45, 7) is 13.2. The van der Waals surface area contributed by atoms with E-state index in [4.69, 9.17) is 9.72 Å². The van der Waals surface area contributed by atoms with E-state index in [1.165, 1.54) is 16.5 Å². The van der Waals surface area contributed by atoms with E-state index in [1.807, 2.05) is 18.3 Å². The van der Waals surface area contributed by atoms with Crippen molar-refractivity contribution in [2.24, 2.45) is 0 Å². The molecule has 5 rings (SSSR count). The van der Waals surface area contributed by atoms with Crippen LogP contribution in [0.15, 0.2) is 42.6 Å². The third-order valence-electron chi connectivity index (χ3n) is 8.19. The number of hydrogen-bond donors (Lipinski definition) is 2. The molecule has 192 valence electrons. The van der Waals surface area contributed by atoms with E-state index in [2.05, 4.69) is 84.4 Å². The van der Waals surface area contributed by atoms with Gasteiger partial charge in [0.1, 0.15) is 5.75 Å². The van der Waals surface area contributed by atoms with Gasteiger partial charge in [0, 0.05) is 66.1 Å². The molecule has 0 saturated carbocycles. The van der Waals surface area contributed by atoms with Crippen molar-refractivity contribution in [2.45, 2.75) is 57.7 Å². The van der Waals surface area contributed by atoms with Crippen LogP contribution >= 0.6 is 0 Å². The fourth-order valence-electron chi connectivity index (χ4n) is 6.00. The summed E-state index contributed by atoms with van der Waals surface area (Å²) in [5.74, 6) is 1.58. The van der Waals surface area contributed by atoms with E-state index in [1.54, 1.807) is 7.11 Å². The van der Waals surface area contributed by atoms with Gasteiger partial charge in [0.2, 0.25) is 5.95 Å². The largest absolute Gasteiger partial charge is 0.497 e. The lowest BCUT2D eigenvalue weighted by molar-refractivity contribution is -0.00778. The Bertz CT molecular complexity index is 1220. The quantitative estimate of drug-likeness (QED) is 0.536. The highest BCUT2D eigenvalue weighted by atomic mass is 16.5. The Kier molecular flexibility index (Phi) is 6.55. The van der Waals surface area contributed by atoms with E-state index in [0.717, 1.165) is 56.0 Å². The number of benzene rings is 2. The molecule has 3 aromatic rings. The minimum Gasteiger partial charge on any atom is -0.497 e. The van der Waals surface area contributed by atoms with Gasteiger partial charge in [-0.3, -0.25) is 4.90 Å². The summed E-state index contributed by atoms with van der Waals surface area (Å²) in [5.41, 5.74) is 3.49. The highest BCUT2D eigenvalue weighted by molar-refractivity contribution is 5.98. The molecule has 0 bridgehead atoms. The van der Waals surface area contributed by atoms with E-state index >= 15 is 0 Å². The van der Waals surface area contributed by atoms with Crippen molar-refractivity contribution in [1.29, 1.82) is 0 Å². The highest BCUT2D eigenvalue weighted by Crippen LogP contribution is 2.38. The molecule has 7 nitrogen and oxygen atoms in total. The molecule has 2 N–H and O–H groups in total. The smallest absolute Gasteiger partial charge is 0.223 e. The molecule has 2 aromatic carbocycles. The summed E-state index contributed by atoms with van der Waals surface area (Å²) < 4.78 is 5.54. The van der Waals surface area contributed by atoms with Crippen LogP contribution in [0.3, 0.4) is 0 Å². The Morgan fingerprint density at radius 3 is 2.42 bits per heavy atom. The maximum Gasteiger partial charge on any atom is 0.223 e. The van der Waals surface area contributed by atoms with Crippen molar-refractivity contribution in [1.82, 2.24) is 20.2 Å². The Balaban J connectivity index is 1.48. The monoisotopic (exact) mass is 488 g/mol. The first-order chi connectivity index (χ1) is 17.2. The molecule has 0 spiro atoms. The second-order valence-corrected chi connectivity index (χ2v) is 11.5. The topological polar surface area (TPSA) is 65.5 Å². The number of nitrogens with zero attached hydrogens (tertiary/aromatic N) is 4. The zero-order valence-corrected chi connectivity index (χ0v) is 22.6. The fraction of sp³-hybridized carbons (Fsp3) is 0.517. The number of anilines is 2. The van der Waals surface area contributed by atoms with E-state index in [0.29, 0.717) is 12.0 Å². The molecule has 0 amide bonds. The van der Waals surface area contributed by atoms with E-state index < -0.39 is 0 Å². The predicted molar refractivity (Wildman–Crippen MR) is 149 cm³/mol. The van der Waals surface area contributed by atoms with Gasteiger partial charge < -0.3 is 20.3 Å². The highest BCUT2D eigenvalue weighted by Gasteiger charge is 2.43. The lowest BCUT2D eigenvalue weighted by Crippen LogP contribution is -2.61. The summed E-state index contributed by atoms with van der Waals surface area (Å²) in [5, 5.41) is 9.53. The lowest BCUT2D eigenvalue weighted by Gasteiger charge is -2.53. The van der Waals surface area contributed by atoms with Crippen LogP contribution in [0.25, 0.3) is 22.0 Å². The molecule has 0 aliphatic carbocycles. The summed E-state index contributed by atoms with van der Waals surface area (Å²) in [6.07, 6.45) is 3.97. The first kappa shape index (κ1) is 24.8. The van der Waals surface area contributed by atoms with Crippen molar-refractivity contribution >= 4 is 22.4 Å². The number of piperazine rings is 1. The van der Waals surface area contributed by atoms with Crippen molar-refractivity contribution in [2.75, 3.05) is 50.6 Å². The number of ether oxygens (including phenoxy) is 1. The maximum atomic E-state index is 5.54. The Morgan fingerprint density at radius 2 is 1.72 bits per heavy atom. The van der Waals surface area contributed by atoms with Crippen molar-refractivity contribution in [3.8, 4) is 17.0 Å². The van der Waals surface area contributed by atoms with Gasteiger partial charge in [-0.05, 0) is 83.3 Å². The summed E-state index contributed by atoms with van der Waals surface area (Å²) in [6, 6.07) is 13.2. The van der Waals surface area contributed by atoms with Crippen molar-refractivity contribution < 1.29 is 4.74 Å². The zero-order valence-electron chi connectivity index (χ0n) is 22.6. The SMILES string of the molecule is COc1ccc2cc(-c3ccnc(NC4CC(C)(C)N(C)C(C)(C)C4)n3)cc(N3CCNCC3)c2c1. The molecule has 7 heteroatoms. The van der Waals surface area contributed by atoms with Gasteiger partial charge >= 0.3 is 0 Å². The van der Waals surface area contributed by atoms with Crippen LogP contribution in [0.2, 0.25) is 0 Å². The second kappa shape index (κ2) is 9.52. The number of hydrogen-bond acceptors (Lipinski definition) is 7. The number of fused-ring (bicyclic) bond motifs is 1. The molecule has 2 fully saturated rings. The molecular weight excluding hydrogens is 448 g/mol. The normalized spacial score (nSPS) is 20.4. The Hall–Kier alpha value is -2.90. The van der Waals surface area contributed by atoms with Gasteiger partial charge in [0.15, 0.2) is 0 Å². The van der Waals surface area contributed by atoms with E-state index in [9.17, 15) is 0 Å². The average molecular weight is 489 g/mol. The lowest BCUT2D eigenvalue weighted by atomic mass is 9.77. The van der Waals surface area contributed by atoms with Crippen LogP contribution < -0.4 is 20.3 Å². The maximum absolute atomic E-state index is 5.54. The van der Waals surface area contributed by atoms with Gasteiger partial charge in [-0.2, -0.15) is 0 Å². The fourth-order valence-corrected chi connectivity index (χ4v) is 6.00. The number of rotatable bonds is 5. The molecule has 3 heterocycles. The second-order valence-electron chi connectivity index (χ2n) is 11.5. The van der Waals surface area contributed by atoms with Crippen LogP contribution in [0, 0.1) is 0 Å². The summed E-state index contributed by atoms with van der Waals surface area (Å²) in [7, 11) is 3.96. The molecule has 0 unspecified atom stereocenters. The first-order valence-corrected chi connectivity index (χ1v) is 13.1. The minimum absolute atomic E-state index is 0.106. The standard InChI is InChI=1S/C29H40N6O/c1-28(2)18-22(19-29(3,4)34(28)5)32-27-31-10-9-25(33-27)21-15-20-7-8-23(36-6)17-24(20)26(16-21)35-13-11-30-12-14-35/h7-10,15-17,22,30H,11-14,18-19H2,1-6H3,(H,31,32,33). The van der Waals surface area contributed by atoms with Crippen molar-refractivity contribution in [3.63, 3.8) is 0 Å². The number of nitrogens with one attached hydrogen (secondary N) is 2. The van der Waals surface area contributed by atoms with Crippen LogP contribution in [0.4, 0.5) is 11.6 Å². The number of likely N-dealkylation sites (tertiary alicyclic amines) is 1. The molecule has 0 radical (unpaired) electrons. The minimum atomic E-state index is 0.106. The number of methoxy groups -OCH3 is 1. The third kappa shape index (κ3) is 4.87. The molecule has 1 aromatic heterocycles. The van der Waals surface area contributed by atoms with Crippen LogP contribution in [-0.2, 0) is 0 Å². The third-order valence-corrected chi connectivity index (χ3v) is 8.19. The molecule has 2 saturated heterocycles. The number of aromatic nitrogens is 2. The van der Waals surface area contributed by atoms with Gasteiger partial charge in [-0.15, -0.1) is 0 Å². The first-order valence-electron chi connectivity index (χ1n) is 13.1. The van der Waals surface area contributed by atoms with Crippen LogP contribution in [0.1, 0.15) is 40.5 Å². The molecular formula is C29H40N6O. The average Bonchev–Trinajstić information content (AvgIpc) is 2.86. The van der Waals surface area contributed by atoms with E-state index in [-0.39, 0.29) is 11.1 Å². The summed E-state index contributed by atoms with van der Waals surface area (Å²) >= 11 is 0. The van der Waals surface area contributed by atoms with Gasteiger partial charge in [-0.25, -0.2) is 9.97 Å². The van der Waals surface area contributed by atoms with Crippen molar-refractivity contribution in [3.05, 3.63) is 42.6 Å². The molecule has 36 heavy (non-hydrogen) atoms. The Labute approximate surface area is 215 Å². The molecule has 2 aliphatic heterocycles. The predicted octanol–water partition coefficient (Wildman–Crippen LogP) is 4.78. The zero-order chi connectivity index (χ0) is 25.5.